The molecular formula is C21H23N3O3S. The average Bonchev–Trinajstić information content (AvgIpc) is 3.40. The van der Waals surface area contributed by atoms with E-state index in [0.29, 0.717) is 24.6 Å². The van der Waals surface area contributed by atoms with Crippen molar-refractivity contribution in [1.82, 2.24) is 15.0 Å². The topological polar surface area (TPSA) is 68.5 Å². The highest BCUT2D eigenvalue weighted by atomic mass is 32.1. The van der Waals surface area contributed by atoms with E-state index in [2.05, 4.69) is 28.5 Å². The zero-order chi connectivity index (χ0) is 19.5. The van der Waals surface area contributed by atoms with Gasteiger partial charge >= 0.3 is 0 Å². The van der Waals surface area contributed by atoms with E-state index >= 15 is 0 Å². The summed E-state index contributed by atoms with van der Waals surface area (Å²) in [6.45, 7) is 2.92. The minimum Gasteiger partial charge on any atom is -0.497 e. The number of methoxy groups -OCH3 is 1. The van der Waals surface area contributed by atoms with Crippen molar-refractivity contribution in [2.75, 3.05) is 13.7 Å². The maximum Gasteiger partial charge on any atom is 0.227 e. The fourth-order valence-corrected chi connectivity index (χ4v) is 4.63. The van der Waals surface area contributed by atoms with Crippen LogP contribution in [0.15, 0.2) is 40.2 Å². The van der Waals surface area contributed by atoms with Crippen molar-refractivity contribution in [2.24, 2.45) is 0 Å². The Morgan fingerprint density at radius 2 is 2.14 bits per heavy atom. The Kier molecular flexibility index (Phi) is 5.43. The van der Waals surface area contributed by atoms with Crippen LogP contribution < -0.4 is 4.74 Å². The molecule has 0 saturated heterocycles. The van der Waals surface area contributed by atoms with Crippen molar-refractivity contribution in [3.8, 4) is 17.1 Å². The van der Waals surface area contributed by atoms with E-state index < -0.39 is 0 Å². The van der Waals surface area contributed by atoms with Gasteiger partial charge in [0.25, 0.3) is 0 Å². The molecule has 3 heterocycles. The molecule has 1 amide bonds. The highest BCUT2D eigenvalue weighted by molar-refractivity contribution is 7.10. The van der Waals surface area contributed by atoms with Crippen molar-refractivity contribution < 1.29 is 14.1 Å². The summed E-state index contributed by atoms with van der Waals surface area (Å²) in [6, 6.07) is 9.82. The van der Waals surface area contributed by atoms with Crippen LogP contribution in [-0.2, 0) is 17.6 Å². The van der Waals surface area contributed by atoms with E-state index in [1.54, 1.807) is 18.4 Å². The van der Waals surface area contributed by atoms with Crippen LogP contribution in [0.25, 0.3) is 11.4 Å². The number of carbonyl (C=O) groups is 1. The first-order valence-corrected chi connectivity index (χ1v) is 10.4. The predicted molar refractivity (Wildman–Crippen MR) is 107 cm³/mol. The van der Waals surface area contributed by atoms with E-state index in [1.165, 1.54) is 10.4 Å². The second-order valence-corrected chi connectivity index (χ2v) is 7.80. The van der Waals surface area contributed by atoms with Crippen LogP contribution in [0.5, 0.6) is 5.75 Å². The third kappa shape index (κ3) is 3.67. The summed E-state index contributed by atoms with van der Waals surface area (Å²) in [5.41, 5.74) is 2.17. The molecule has 4 rings (SSSR count). The Morgan fingerprint density at radius 1 is 1.32 bits per heavy atom. The number of ether oxygens (including phenoxy) is 1. The van der Waals surface area contributed by atoms with Gasteiger partial charge < -0.3 is 14.2 Å². The van der Waals surface area contributed by atoms with Crippen LogP contribution >= 0.6 is 11.3 Å². The number of fused-ring (bicyclic) bond motifs is 1. The summed E-state index contributed by atoms with van der Waals surface area (Å²) in [4.78, 5) is 20.7. The quantitative estimate of drug-likeness (QED) is 0.621. The predicted octanol–water partition coefficient (Wildman–Crippen LogP) is 4.28. The molecule has 1 aliphatic heterocycles. The molecule has 1 unspecified atom stereocenters. The highest BCUT2D eigenvalue weighted by Crippen LogP contribution is 2.35. The van der Waals surface area contributed by atoms with Crippen molar-refractivity contribution in [2.45, 2.75) is 38.6 Å². The molecule has 0 radical (unpaired) electrons. The van der Waals surface area contributed by atoms with E-state index in [1.807, 2.05) is 29.2 Å². The number of nitrogens with zero attached hydrogens (tertiary/aromatic N) is 3. The molecule has 3 aromatic rings. The average molecular weight is 398 g/mol. The number of aryl methyl sites for hydroxylation is 1. The molecule has 0 spiro atoms. The molecule has 1 aliphatic rings. The van der Waals surface area contributed by atoms with Gasteiger partial charge in [0.05, 0.1) is 13.2 Å². The van der Waals surface area contributed by atoms with E-state index in [0.717, 1.165) is 30.7 Å². The van der Waals surface area contributed by atoms with Crippen LogP contribution in [-0.4, -0.2) is 34.6 Å². The molecule has 0 N–H and O–H groups in total. The molecule has 1 aromatic carbocycles. The van der Waals surface area contributed by atoms with Gasteiger partial charge in [-0.05, 0) is 54.1 Å². The smallest absolute Gasteiger partial charge is 0.227 e. The van der Waals surface area contributed by atoms with Gasteiger partial charge in [-0.3, -0.25) is 4.79 Å². The summed E-state index contributed by atoms with van der Waals surface area (Å²) in [5, 5.41) is 6.16. The fourth-order valence-electron chi connectivity index (χ4n) is 3.71. The third-order valence-electron chi connectivity index (χ3n) is 5.17. The number of aromatic nitrogens is 2. The number of rotatable bonds is 6. The number of amides is 1. The van der Waals surface area contributed by atoms with Crippen LogP contribution in [0.1, 0.15) is 42.1 Å². The van der Waals surface area contributed by atoms with Crippen LogP contribution in [0.3, 0.4) is 0 Å². The van der Waals surface area contributed by atoms with Crippen LogP contribution in [0.4, 0.5) is 0 Å². The van der Waals surface area contributed by atoms with Gasteiger partial charge in [0.15, 0.2) is 0 Å². The standard InChI is InChI=1S/C21H23N3O3S/c1-3-17-16-11-13-28-18(16)10-12-24(17)20(25)9-8-19-22-21(23-27-19)14-4-6-15(26-2)7-5-14/h4-7,11,13,17H,3,8-10,12H2,1-2H3. The van der Waals surface area contributed by atoms with Gasteiger partial charge in [0.2, 0.25) is 17.6 Å². The van der Waals surface area contributed by atoms with Gasteiger partial charge in [0.1, 0.15) is 5.75 Å². The van der Waals surface area contributed by atoms with Crippen molar-refractivity contribution >= 4 is 17.2 Å². The maximum atomic E-state index is 12.8. The van der Waals surface area contributed by atoms with Gasteiger partial charge in [0, 0.05) is 29.8 Å². The molecule has 146 valence electrons. The lowest BCUT2D eigenvalue weighted by atomic mass is 9.97. The van der Waals surface area contributed by atoms with E-state index in [9.17, 15) is 4.79 Å². The highest BCUT2D eigenvalue weighted by Gasteiger charge is 2.30. The van der Waals surface area contributed by atoms with Gasteiger partial charge in [-0.15, -0.1) is 11.3 Å². The molecule has 0 fully saturated rings. The molecular weight excluding hydrogens is 374 g/mol. The lowest BCUT2D eigenvalue weighted by Gasteiger charge is -2.35. The molecule has 1 atom stereocenters. The molecule has 28 heavy (non-hydrogen) atoms. The summed E-state index contributed by atoms with van der Waals surface area (Å²) in [7, 11) is 1.63. The number of benzene rings is 1. The molecule has 0 aliphatic carbocycles. The van der Waals surface area contributed by atoms with Gasteiger partial charge in [-0.1, -0.05) is 12.1 Å². The lowest BCUT2D eigenvalue weighted by Crippen LogP contribution is -2.39. The zero-order valence-corrected chi connectivity index (χ0v) is 16.9. The Hall–Kier alpha value is -2.67. The second-order valence-electron chi connectivity index (χ2n) is 6.80. The monoisotopic (exact) mass is 397 g/mol. The largest absolute Gasteiger partial charge is 0.497 e. The molecule has 0 bridgehead atoms. The molecule has 7 heteroatoms. The number of carbonyl (C=O) groups excluding carboxylic acids is 1. The third-order valence-corrected chi connectivity index (χ3v) is 6.17. The second kappa shape index (κ2) is 8.14. The van der Waals surface area contributed by atoms with Crippen molar-refractivity contribution in [3.63, 3.8) is 0 Å². The molecule has 2 aromatic heterocycles. The Labute approximate surface area is 168 Å². The summed E-state index contributed by atoms with van der Waals surface area (Å²) >= 11 is 1.79. The summed E-state index contributed by atoms with van der Waals surface area (Å²) in [6.07, 6.45) is 2.70. The van der Waals surface area contributed by atoms with E-state index in [-0.39, 0.29) is 11.9 Å². The summed E-state index contributed by atoms with van der Waals surface area (Å²) in [5.74, 6) is 1.93. The SMILES string of the molecule is CCC1c2ccsc2CCN1C(=O)CCc1nc(-c2ccc(OC)cc2)no1. The first-order chi connectivity index (χ1) is 13.7. The van der Waals surface area contributed by atoms with Crippen molar-refractivity contribution in [1.29, 1.82) is 0 Å². The van der Waals surface area contributed by atoms with Gasteiger partial charge in [-0.2, -0.15) is 4.98 Å². The van der Waals surface area contributed by atoms with Crippen LogP contribution in [0, 0.1) is 0 Å². The number of hydrogen-bond acceptors (Lipinski definition) is 6. The minimum absolute atomic E-state index is 0.146. The normalized spacial score (nSPS) is 16.1. The first kappa shape index (κ1) is 18.7. The lowest BCUT2D eigenvalue weighted by molar-refractivity contribution is -0.134. The first-order valence-electron chi connectivity index (χ1n) is 9.52. The maximum absolute atomic E-state index is 12.8. The summed E-state index contributed by atoms with van der Waals surface area (Å²) < 4.78 is 10.5. The Morgan fingerprint density at radius 3 is 2.89 bits per heavy atom. The minimum atomic E-state index is 0.146. The van der Waals surface area contributed by atoms with Gasteiger partial charge in [-0.25, -0.2) is 0 Å². The number of thiophene rings is 1. The van der Waals surface area contributed by atoms with E-state index in [4.69, 9.17) is 9.26 Å². The molecule has 6 nitrogen and oxygen atoms in total. The zero-order valence-electron chi connectivity index (χ0n) is 16.1. The Balaban J connectivity index is 1.39. The van der Waals surface area contributed by atoms with Crippen LogP contribution in [0.2, 0.25) is 0 Å². The number of hydrogen-bond donors (Lipinski definition) is 0. The van der Waals surface area contributed by atoms with Crippen molar-refractivity contribution in [3.05, 3.63) is 52.0 Å². The molecule has 0 saturated carbocycles. The Bertz CT molecular complexity index is 948. The fraction of sp³-hybridized carbons (Fsp3) is 0.381.